The van der Waals surface area contributed by atoms with E-state index >= 15 is 4.39 Å². The maximum Gasteiger partial charge on any atom is 0.332 e. The Morgan fingerprint density at radius 2 is 2.00 bits per heavy atom. The van der Waals surface area contributed by atoms with Crippen molar-refractivity contribution in [2.75, 3.05) is 38.0 Å². The van der Waals surface area contributed by atoms with Gasteiger partial charge in [0.1, 0.15) is 19.0 Å². The number of hydrogen-bond acceptors (Lipinski definition) is 11. The van der Waals surface area contributed by atoms with Gasteiger partial charge in [0.05, 0.1) is 36.2 Å². The monoisotopic (exact) mass is 614 g/mol. The molecule has 0 atom stereocenters. The topological polar surface area (TPSA) is 161 Å². The van der Waals surface area contributed by atoms with Gasteiger partial charge in [-0.15, -0.1) is 0 Å². The lowest BCUT2D eigenvalue weighted by Gasteiger charge is -2.17. The third kappa shape index (κ3) is 6.66. The third-order valence-electron chi connectivity index (χ3n) is 7.32. The van der Waals surface area contributed by atoms with Gasteiger partial charge in [-0.2, -0.15) is 20.1 Å². The third-order valence-corrected chi connectivity index (χ3v) is 7.32. The minimum Gasteiger partial charge on any atom is -0.459 e. The van der Waals surface area contributed by atoms with Crippen LogP contribution < -0.4 is 16.6 Å². The Labute approximate surface area is 256 Å². The lowest BCUT2D eigenvalue weighted by molar-refractivity contribution is -0.150. The largest absolute Gasteiger partial charge is 0.459 e. The fourth-order valence-corrected chi connectivity index (χ4v) is 5.03. The number of aromatic nitrogens is 6. The van der Waals surface area contributed by atoms with Crippen molar-refractivity contribution in [2.24, 2.45) is 7.05 Å². The van der Waals surface area contributed by atoms with Gasteiger partial charge in [0.2, 0.25) is 11.9 Å². The number of carbonyl (C=O) groups is 1. The van der Waals surface area contributed by atoms with Crippen LogP contribution in [0.25, 0.3) is 27.8 Å². The number of anilines is 3. The highest BCUT2D eigenvalue weighted by Crippen LogP contribution is 2.41. The number of benzene rings is 2. The van der Waals surface area contributed by atoms with Crippen LogP contribution in [0.5, 0.6) is 0 Å². The van der Waals surface area contributed by atoms with Crippen LogP contribution in [-0.4, -0.2) is 62.2 Å². The van der Waals surface area contributed by atoms with E-state index in [9.17, 15) is 9.59 Å². The molecule has 232 valence electrons. The number of rotatable bonds is 12. The minimum absolute atomic E-state index is 0.0332. The zero-order valence-corrected chi connectivity index (χ0v) is 24.7. The summed E-state index contributed by atoms with van der Waals surface area (Å²) in [6.07, 6.45) is 6.93. The van der Waals surface area contributed by atoms with E-state index in [1.807, 2.05) is 6.07 Å². The number of nitrogen functional groups attached to an aromatic ring is 1. The summed E-state index contributed by atoms with van der Waals surface area (Å²) in [5, 5.41) is 7.66. The van der Waals surface area contributed by atoms with Crippen LogP contribution in [-0.2, 0) is 32.7 Å². The van der Waals surface area contributed by atoms with Crippen LogP contribution in [0, 0.1) is 5.82 Å². The summed E-state index contributed by atoms with van der Waals surface area (Å²) < 4.78 is 34.1. The zero-order chi connectivity index (χ0) is 31.5. The minimum atomic E-state index is -0.634. The van der Waals surface area contributed by atoms with Gasteiger partial charge >= 0.3 is 5.97 Å². The summed E-state index contributed by atoms with van der Waals surface area (Å²) in [5.41, 5.74) is 8.17. The maximum absolute atomic E-state index is 15.4. The van der Waals surface area contributed by atoms with Gasteiger partial charge < -0.3 is 25.3 Å². The molecule has 3 N–H and O–H groups in total. The molecule has 0 amide bonds. The number of fused-ring (bicyclic) bond motifs is 1. The van der Waals surface area contributed by atoms with Crippen LogP contribution >= 0.6 is 0 Å². The first-order valence-electron chi connectivity index (χ1n) is 14.3. The molecular weight excluding hydrogens is 583 g/mol. The summed E-state index contributed by atoms with van der Waals surface area (Å²) in [6, 6.07) is 10.1. The molecule has 1 aliphatic carbocycles. The van der Waals surface area contributed by atoms with Gasteiger partial charge in [0.15, 0.2) is 5.82 Å². The molecule has 1 aliphatic rings. The molecular formula is C31H31FN8O5. The predicted octanol–water partition coefficient (Wildman–Crippen LogP) is 3.62. The first kappa shape index (κ1) is 29.8. The van der Waals surface area contributed by atoms with Gasteiger partial charge in [-0.3, -0.25) is 14.0 Å². The Bertz CT molecular complexity index is 1940. The van der Waals surface area contributed by atoms with Crippen LogP contribution in [0.3, 0.4) is 0 Å². The fourth-order valence-electron chi connectivity index (χ4n) is 5.03. The number of pyridine rings is 1. The lowest BCUT2D eigenvalue weighted by atomic mass is 10.0. The van der Waals surface area contributed by atoms with E-state index in [0.29, 0.717) is 40.4 Å². The number of nitrogens with two attached hydrogens (primary N) is 1. The quantitative estimate of drug-likeness (QED) is 0.156. The first-order chi connectivity index (χ1) is 21.8. The van der Waals surface area contributed by atoms with Crippen LogP contribution in [0.4, 0.5) is 22.0 Å². The van der Waals surface area contributed by atoms with E-state index in [-0.39, 0.29) is 42.9 Å². The second-order valence-electron chi connectivity index (χ2n) is 10.6. The van der Waals surface area contributed by atoms with Crippen molar-refractivity contribution in [1.82, 2.24) is 29.3 Å². The van der Waals surface area contributed by atoms with E-state index in [4.69, 9.17) is 19.9 Å². The smallest absolute Gasteiger partial charge is 0.332 e. The SMILES string of the molecule is COCCOCC(=O)OCc1c(-c2nc(N)nc(Nc3cnn(C)c3)n2)cccc1-n1ccc2cc(C3CC3)cc(F)c2c1=O. The molecule has 0 spiro atoms. The number of hydrogen-bond donors (Lipinski definition) is 2. The summed E-state index contributed by atoms with van der Waals surface area (Å²) in [7, 11) is 3.30. The fraction of sp³-hybridized carbons (Fsp3) is 0.290. The normalized spacial score (nSPS) is 12.9. The molecule has 0 radical (unpaired) electrons. The highest BCUT2D eigenvalue weighted by atomic mass is 19.1. The molecule has 0 saturated heterocycles. The molecule has 2 aromatic carbocycles. The van der Waals surface area contributed by atoms with Gasteiger partial charge in [-0.05, 0) is 47.9 Å². The molecule has 5 aromatic rings. The Morgan fingerprint density at radius 3 is 2.76 bits per heavy atom. The first-order valence-corrected chi connectivity index (χ1v) is 14.3. The van der Waals surface area contributed by atoms with Gasteiger partial charge in [0, 0.05) is 37.7 Å². The zero-order valence-electron chi connectivity index (χ0n) is 24.7. The van der Waals surface area contributed by atoms with Crippen LogP contribution in [0.15, 0.2) is 59.8 Å². The number of methoxy groups -OCH3 is 1. The molecule has 3 heterocycles. The highest BCUT2D eigenvalue weighted by molar-refractivity contribution is 5.84. The molecule has 1 saturated carbocycles. The van der Waals surface area contributed by atoms with E-state index in [1.165, 1.54) is 17.7 Å². The van der Waals surface area contributed by atoms with E-state index in [2.05, 4.69) is 25.4 Å². The van der Waals surface area contributed by atoms with E-state index in [0.717, 1.165) is 18.4 Å². The standard InChI is InChI=1S/C31H31FN8O5/c1-39-15-21(14-34-39)35-31-37-28(36-30(33)38-31)22-4-3-5-25(23(22)16-45-26(41)17-44-11-10-43-2)40-9-8-19-12-20(18-6-7-18)13-24(32)27(19)29(40)42/h3-5,8-9,12-15,18H,6-7,10-11,16-17H2,1-2H3,(H3,33,35,36,37,38). The number of nitrogens with zero attached hydrogens (tertiary/aromatic N) is 6. The lowest BCUT2D eigenvalue weighted by Crippen LogP contribution is -2.21. The van der Waals surface area contributed by atoms with E-state index < -0.39 is 17.3 Å². The van der Waals surface area contributed by atoms with Crippen molar-refractivity contribution >= 4 is 34.3 Å². The van der Waals surface area contributed by atoms with Crippen molar-refractivity contribution in [2.45, 2.75) is 25.4 Å². The maximum atomic E-state index is 15.4. The number of ether oxygens (including phenoxy) is 3. The molecule has 3 aromatic heterocycles. The van der Waals surface area contributed by atoms with Crippen molar-refractivity contribution in [3.8, 4) is 17.1 Å². The molecule has 1 fully saturated rings. The summed E-state index contributed by atoms with van der Waals surface area (Å²) in [6.45, 7) is -0.0451. The number of aryl methyl sites for hydroxylation is 1. The Kier molecular flexibility index (Phi) is 8.49. The summed E-state index contributed by atoms with van der Waals surface area (Å²) >= 11 is 0. The van der Waals surface area contributed by atoms with Gasteiger partial charge in [-0.1, -0.05) is 18.2 Å². The highest BCUT2D eigenvalue weighted by Gasteiger charge is 2.26. The molecule has 6 rings (SSSR count). The molecule has 0 unspecified atom stereocenters. The average Bonchev–Trinajstić information content (AvgIpc) is 3.79. The predicted molar refractivity (Wildman–Crippen MR) is 164 cm³/mol. The Morgan fingerprint density at radius 1 is 1.16 bits per heavy atom. The van der Waals surface area contributed by atoms with Crippen molar-refractivity contribution in [3.63, 3.8) is 0 Å². The van der Waals surface area contributed by atoms with Crippen molar-refractivity contribution < 1.29 is 23.4 Å². The number of esters is 1. The summed E-state index contributed by atoms with van der Waals surface area (Å²) in [5.74, 6) is -0.641. The molecule has 45 heavy (non-hydrogen) atoms. The van der Waals surface area contributed by atoms with E-state index in [1.54, 1.807) is 54.6 Å². The van der Waals surface area contributed by atoms with Crippen molar-refractivity contribution in [1.29, 1.82) is 0 Å². The van der Waals surface area contributed by atoms with Gasteiger partial charge in [0.25, 0.3) is 5.56 Å². The van der Waals surface area contributed by atoms with Gasteiger partial charge in [-0.25, -0.2) is 9.18 Å². The molecule has 14 heteroatoms. The molecule has 0 bridgehead atoms. The second kappa shape index (κ2) is 12.8. The Hall–Kier alpha value is -5.21. The molecule has 0 aliphatic heterocycles. The van der Waals surface area contributed by atoms with Crippen LogP contribution in [0.1, 0.15) is 29.9 Å². The Balaban J connectivity index is 1.42. The second-order valence-corrected chi connectivity index (χ2v) is 10.6. The van der Waals surface area contributed by atoms with Crippen molar-refractivity contribution in [3.05, 3.63) is 82.3 Å². The number of nitrogens with one attached hydrogen (secondary N) is 1. The van der Waals surface area contributed by atoms with Crippen LogP contribution in [0.2, 0.25) is 0 Å². The number of halogens is 1. The number of carbonyl (C=O) groups excluding carboxylic acids is 1. The molecule has 13 nitrogen and oxygen atoms in total. The average molecular weight is 615 g/mol. The summed E-state index contributed by atoms with van der Waals surface area (Å²) in [4.78, 5) is 39.4.